The summed E-state index contributed by atoms with van der Waals surface area (Å²) in [6, 6.07) is 6.15. The Morgan fingerprint density at radius 2 is 2.08 bits per heavy atom. The van der Waals surface area contributed by atoms with Crippen LogP contribution in [0.2, 0.25) is 10.0 Å². The quantitative estimate of drug-likeness (QED) is 0.732. The summed E-state index contributed by atoms with van der Waals surface area (Å²) in [5.74, 6) is -0.487. The normalized spacial score (nSPS) is 11.3. The first-order chi connectivity index (χ1) is 11.9. The van der Waals surface area contributed by atoms with E-state index in [1.165, 1.54) is 12.3 Å². The maximum Gasteiger partial charge on any atom is 0.280 e. The van der Waals surface area contributed by atoms with E-state index in [1.54, 1.807) is 25.1 Å². The van der Waals surface area contributed by atoms with Gasteiger partial charge in [-0.1, -0.05) is 29.3 Å². The molecule has 1 N–H and O–H groups in total. The molecule has 0 saturated heterocycles. The lowest BCUT2D eigenvalue weighted by Gasteiger charge is -2.08. The summed E-state index contributed by atoms with van der Waals surface area (Å²) in [4.78, 5) is 16.5. The maximum atomic E-state index is 13.1. The zero-order valence-electron chi connectivity index (χ0n) is 12.9. The van der Waals surface area contributed by atoms with Crippen molar-refractivity contribution in [1.29, 1.82) is 0 Å². The molecule has 5 nitrogen and oxygen atoms in total. The number of aromatic nitrogens is 3. The third-order valence-corrected chi connectivity index (χ3v) is 4.14. The van der Waals surface area contributed by atoms with Crippen molar-refractivity contribution >= 4 is 34.8 Å². The highest BCUT2D eigenvalue weighted by Crippen LogP contribution is 2.23. The van der Waals surface area contributed by atoms with Crippen molar-refractivity contribution in [2.75, 3.05) is 0 Å². The van der Waals surface area contributed by atoms with Crippen LogP contribution in [0.5, 0.6) is 0 Å². The van der Waals surface area contributed by atoms with E-state index in [1.807, 2.05) is 0 Å². The van der Waals surface area contributed by atoms with Crippen LogP contribution in [0.15, 0.2) is 30.5 Å². The Morgan fingerprint density at radius 3 is 2.76 bits per heavy atom. The molecule has 9 heteroatoms. The molecule has 130 valence electrons. The Hall–Kier alpha value is -2.25. The maximum absolute atomic E-state index is 13.1. The van der Waals surface area contributed by atoms with E-state index in [4.69, 9.17) is 23.2 Å². The summed E-state index contributed by atoms with van der Waals surface area (Å²) in [6.45, 7) is 1.73. The molecular weight excluding hydrogens is 373 g/mol. The van der Waals surface area contributed by atoms with Gasteiger partial charge < -0.3 is 5.32 Å². The molecule has 2 heterocycles. The van der Waals surface area contributed by atoms with Gasteiger partial charge in [0.1, 0.15) is 11.3 Å². The van der Waals surface area contributed by atoms with E-state index in [-0.39, 0.29) is 23.4 Å². The van der Waals surface area contributed by atoms with Gasteiger partial charge in [0.15, 0.2) is 5.65 Å². The average molecular weight is 385 g/mol. The fraction of sp³-hybridized carbons (Fsp3) is 0.188. The second-order valence-electron chi connectivity index (χ2n) is 5.34. The number of aryl methyl sites for hydroxylation is 1. The molecule has 0 atom stereocenters. The van der Waals surface area contributed by atoms with Crippen LogP contribution >= 0.6 is 23.2 Å². The fourth-order valence-corrected chi connectivity index (χ4v) is 2.84. The Labute approximate surface area is 151 Å². The van der Waals surface area contributed by atoms with Crippen LogP contribution in [0.1, 0.15) is 33.7 Å². The summed E-state index contributed by atoms with van der Waals surface area (Å²) in [5.41, 5.74) is 0.916. The number of alkyl halides is 2. The minimum atomic E-state index is -2.73. The number of amides is 1. The Morgan fingerprint density at radius 1 is 1.32 bits per heavy atom. The molecule has 3 aromatic rings. The number of carbonyl (C=O) groups excluding carboxylic acids is 1. The molecule has 1 amide bonds. The van der Waals surface area contributed by atoms with Crippen LogP contribution in [-0.2, 0) is 6.54 Å². The third-order valence-electron chi connectivity index (χ3n) is 3.55. The van der Waals surface area contributed by atoms with Crippen LogP contribution in [0.3, 0.4) is 0 Å². The Kier molecular flexibility index (Phi) is 4.87. The number of carbonyl (C=O) groups is 1. The van der Waals surface area contributed by atoms with Crippen LogP contribution < -0.4 is 5.32 Å². The molecule has 2 aromatic heterocycles. The van der Waals surface area contributed by atoms with Gasteiger partial charge in [-0.25, -0.2) is 18.3 Å². The molecule has 0 fully saturated rings. The van der Waals surface area contributed by atoms with Crippen LogP contribution in [-0.4, -0.2) is 20.5 Å². The van der Waals surface area contributed by atoms with Crippen molar-refractivity contribution in [3.05, 3.63) is 63.0 Å². The predicted molar refractivity (Wildman–Crippen MR) is 90.3 cm³/mol. The highest BCUT2D eigenvalue weighted by Gasteiger charge is 2.20. The summed E-state index contributed by atoms with van der Waals surface area (Å²) in [7, 11) is 0. The van der Waals surface area contributed by atoms with Gasteiger partial charge in [0.25, 0.3) is 12.3 Å². The average Bonchev–Trinajstić information content (AvgIpc) is 2.96. The van der Waals surface area contributed by atoms with Crippen LogP contribution in [0, 0.1) is 6.92 Å². The number of fused-ring (bicyclic) bond motifs is 1. The molecule has 0 radical (unpaired) electrons. The second kappa shape index (κ2) is 6.93. The molecule has 0 aliphatic rings. The lowest BCUT2D eigenvalue weighted by atomic mass is 10.2. The van der Waals surface area contributed by atoms with Gasteiger partial charge in [0.05, 0.1) is 6.20 Å². The monoisotopic (exact) mass is 384 g/mol. The zero-order valence-corrected chi connectivity index (χ0v) is 14.4. The van der Waals surface area contributed by atoms with Gasteiger partial charge in [-0.05, 0) is 30.7 Å². The van der Waals surface area contributed by atoms with Gasteiger partial charge in [0.2, 0.25) is 0 Å². The van der Waals surface area contributed by atoms with Gasteiger partial charge in [-0.15, -0.1) is 0 Å². The molecule has 1 aromatic carbocycles. The Bertz CT molecular complexity index is 959. The summed E-state index contributed by atoms with van der Waals surface area (Å²) in [5, 5.41) is 7.44. The van der Waals surface area contributed by atoms with Crippen LogP contribution in [0.4, 0.5) is 8.78 Å². The molecule has 0 aliphatic heterocycles. The van der Waals surface area contributed by atoms with E-state index < -0.39 is 12.3 Å². The number of hydrogen-bond donors (Lipinski definition) is 1. The van der Waals surface area contributed by atoms with Crippen LogP contribution in [0.25, 0.3) is 5.65 Å². The molecule has 0 bridgehead atoms. The summed E-state index contributed by atoms with van der Waals surface area (Å²) >= 11 is 11.9. The molecule has 0 saturated carbocycles. The van der Waals surface area contributed by atoms with E-state index >= 15 is 0 Å². The fourth-order valence-electron chi connectivity index (χ4n) is 2.36. The number of rotatable bonds is 4. The lowest BCUT2D eigenvalue weighted by Crippen LogP contribution is -2.23. The third kappa shape index (κ3) is 3.57. The first-order valence-corrected chi connectivity index (χ1v) is 7.98. The van der Waals surface area contributed by atoms with Crippen molar-refractivity contribution in [2.45, 2.75) is 19.9 Å². The largest absolute Gasteiger partial charge is 0.348 e. The summed E-state index contributed by atoms with van der Waals surface area (Å²) < 4.78 is 27.2. The number of nitrogens with zero attached hydrogens (tertiary/aromatic N) is 3. The first kappa shape index (κ1) is 17.6. The molecule has 0 spiro atoms. The smallest absolute Gasteiger partial charge is 0.280 e. The highest BCUT2D eigenvalue weighted by atomic mass is 35.5. The van der Waals surface area contributed by atoms with Gasteiger partial charge >= 0.3 is 0 Å². The molecule has 25 heavy (non-hydrogen) atoms. The van der Waals surface area contributed by atoms with Gasteiger partial charge in [-0.2, -0.15) is 5.10 Å². The van der Waals surface area contributed by atoms with Crippen molar-refractivity contribution < 1.29 is 13.6 Å². The van der Waals surface area contributed by atoms with Gasteiger partial charge in [-0.3, -0.25) is 4.79 Å². The minimum Gasteiger partial charge on any atom is -0.348 e. The van der Waals surface area contributed by atoms with E-state index in [9.17, 15) is 13.6 Å². The SMILES string of the molecule is Cc1cc(C(F)F)n2ncc(C(=O)NCc3ccc(Cl)cc3Cl)c2n1. The minimum absolute atomic E-state index is 0.0787. The van der Waals surface area contributed by atoms with E-state index in [0.717, 1.165) is 4.52 Å². The van der Waals surface area contributed by atoms with Gasteiger partial charge in [0, 0.05) is 22.3 Å². The highest BCUT2D eigenvalue weighted by molar-refractivity contribution is 6.35. The number of benzene rings is 1. The molecule has 0 aliphatic carbocycles. The van der Waals surface area contributed by atoms with Crippen molar-refractivity contribution in [2.24, 2.45) is 0 Å². The van der Waals surface area contributed by atoms with E-state index in [0.29, 0.717) is 21.3 Å². The second-order valence-corrected chi connectivity index (χ2v) is 6.18. The first-order valence-electron chi connectivity index (χ1n) is 7.22. The standard InChI is InChI=1S/C16H12Cl2F2N4O/c1-8-4-13(14(19)20)24-15(23-8)11(7-22-24)16(25)21-6-9-2-3-10(17)5-12(9)18/h2-5,7,14H,6H2,1H3,(H,21,25). The number of nitrogens with one attached hydrogen (secondary N) is 1. The number of halogens is 4. The zero-order chi connectivity index (χ0) is 18.1. The van der Waals surface area contributed by atoms with Crippen molar-refractivity contribution in [3.63, 3.8) is 0 Å². The lowest BCUT2D eigenvalue weighted by molar-refractivity contribution is 0.0952. The predicted octanol–water partition coefficient (Wildman–Crippen LogP) is 4.21. The topological polar surface area (TPSA) is 59.3 Å². The van der Waals surface area contributed by atoms with E-state index in [2.05, 4.69) is 15.4 Å². The number of hydrogen-bond acceptors (Lipinski definition) is 3. The molecular formula is C16H12Cl2F2N4O. The summed E-state index contributed by atoms with van der Waals surface area (Å²) in [6.07, 6.45) is -1.51. The molecule has 3 rings (SSSR count). The molecule has 0 unspecified atom stereocenters. The van der Waals surface area contributed by atoms with Crippen molar-refractivity contribution in [3.8, 4) is 0 Å². The van der Waals surface area contributed by atoms with Crippen molar-refractivity contribution in [1.82, 2.24) is 19.9 Å². The Balaban J connectivity index is 1.87.